The van der Waals surface area contributed by atoms with Crippen molar-refractivity contribution >= 4 is 33.8 Å². The number of thiazole rings is 1. The van der Waals surface area contributed by atoms with Gasteiger partial charge in [0.1, 0.15) is 39.7 Å². The molecule has 6 rings (SSSR count). The van der Waals surface area contributed by atoms with Crippen LogP contribution in [0.2, 0.25) is 0 Å². The Morgan fingerprint density at radius 1 is 1.12 bits per heavy atom. The van der Waals surface area contributed by atoms with Crippen molar-refractivity contribution in [2.75, 3.05) is 25.0 Å². The summed E-state index contributed by atoms with van der Waals surface area (Å²) in [4.78, 5) is 33.4. The minimum absolute atomic E-state index is 0.0661. The summed E-state index contributed by atoms with van der Waals surface area (Å²) >= 11 is 1.27. The second-order valence-corrected chi connectivity index (χ2v) is 11.4. The van der Waals surface area contributed by atoms with Gasteiger partial charge in [-0.2, -0.15) is 5.26 Å². The summed E-state index contributed by atoms with van der Waals surface area (Å²) in [6.45, 7) is 3.87. The highest BCUT2D eigenvalue weighted by Gasteiger charge is 2.22. The molecule has 1 fully saturated rings. The SMILES string of the molecule is CCc1nc2ccc(-c3cnc(CC(=O)NC4CCNCC4)nc3)cn2c1N(C)c1nc(-c2ccc(F)cc2)c(C#N)s1. The summed E-state index contributed by atoms with van der Waals surface area (Å²) in [6.07, 6.45) is 8.13. The number of hydrogen-bond donors (Lipinski definition) is 2. The third-order valence-corrected chi connectivity index (χ3v) is 8.54. The number of nitrogens with zero attached hydrogens (tertiary/aromatic N) is 7. The number of nitrogens with one attached hydrogen (secondary N) is 2. The lowest BCUT2D eigenvalue weighted by atomic mass is 10.1. The summed E-state index contributed by atoms with van der Waals surface area (Å²) in [5.74, 6) is 0.891. The molecule has 0 spiro atoms. The van der Waals surface area contributed by atoms with Crippen molar-refractivity contribution < 1.29 is 9.18 Å². The molecular formula is C31H30FN9OS. The molecule has 10 nitrogen and oxygen atoms in total. The molecule has 5 aromatic rings. The fraction of sp³-hybridized carbons (Fsp3) is 0.290. The number of pyridine rings is 1. The molecule has 218 valence electrons. The lowest BCUT2D eigenvalue weighted by molar-refractivity contribution is -0.121. The molecule has 1 aliphatic rings. The van der Waals surface area contributed by atoms with Crippen LogP contribution in [0.1, 0.15) is 36.2 Å². The Labute approximate surface area is 252 Å². The molecule has 43 heavy (non-hydrogen) atoms. The fourth-order valence-electron chi connectivity index (χ4n) is 5.25. The zero-order valence-electron chi connectivity index (χ0n) is 23.8. The number of aryl methyl sites for hydroxylation is 1. The van der Waals surface area contributed by atoms with Gasteiger partial charge >= 0.3 is 0 Å². The molecule has 0 saturated carbocycles. The van der Waals surface area contributed by atoms with Crippen molar-refractivity contribution in [2.24, 2.45) is 0 Å². The van der Waals surface area contributed by atoms with Crippen LogP contribution in [-0.4, -0.2) is 56.4 Å². The van der Waals surface area contributed by atoms with Crippen LogP contribution >= 0.6 is 11.3 Å². The average Bonchev–Trinajstić information content (AvgIpc) is 3.63. The summed E-state index contributed by atoms with van der Waals surface area (Å²) in [7, 11) is 1.90. The predicted octanol–water partition coefficient (Wildman–Crippen LogP) is 4.67. The van der Waals surface area contributed by atoms with E-state index in [2.05, 4.69) is 26.7 Å². The van der Waals surface area contributed by atoms with E-state index in [0.717, 1.165) is 54.2 Å². The number of halogens is 1. The van der Waals surface area contributed by atoms with Gasteiger partial charge in [-0.3, -0.25) is 9.20 Å². The number of aromatic nitrogens is 5. The van der Waals surface area contributed by atoms with Crippen LogP contribution in [0.15, 0.2) is 55.0 Å². The summed E-state index contributed by atoms with van der Waals surface area (Å²) in [5.41, 5.74) is 4.54. The van der Waals surface area contributed by atoms with Crippen LogP contribution in [0, 0.1) is 17.1 Å². The molecule has 1 amide bonds. The van der Waals surface area contributed by atoms with Crippen LogP contribution in [-0.2, 0) is 17.6 Å². The highest BCUT2D eigenvalue weighted by molar-refractivity contribution is 7.16. The molecule has 0 aliphatic carbocycles. The van der Waals surface area contributed by atoms with Crippen LogP contribution in [0.5, 0.6) is 0 Å². The van der Waals surface area contributed by atoms with Crippen molar-refractivity contribution in [1.82, 2.24) is 35.0 Å². The Hall–Kier alpha value is -4.73. The fourth-order valence-corrected chi connectivity index (χ4v) is 6.10. The maximum atomic E-state index is 13.5. The number of amides is 1. The highest BCUT2D eigenvalue weighted by atomic mass is 32.1. The first-order valence-electron chi connectivity index (χ1n) is 14.2. The van der Waals surface area contributed by atoms with Gasteiger partial charge in [0.15, 0.2) is 5.13 Å². The number of carbonyl (C=O) groups excluding carboxylic acids is 1. The lowest BCUT2D eigenvalue weighted by Crippen LogP contribution is -2.43. The van der Waals surface area contributed by atoms with Gasteiger partial charge in [-0.15, -0.1) is 0 Å². The van der Waals surface area contributed by atoms with Crippen molar-refractivity contribution in [3.8, 4) is 28.5 Å². The van der Waals surface area contributed by atoms with E-state index in [1.807, 2.05) is 41.6 Å². The molecule has 0 unspecified atom stereocenters. The second-order valence-electron chi connectivity index (χ2n) is 10.4. The number of hydrogen-bond acceptors (Lipinski definition) is 9. The minimum atomic E-state index is -0.345. The van der Waals surface area contributed by atoms with Crippen LogP contribution in [0.3, 0.4) is 0 Å². The van der Waals surface area contributed by atoms with Gasteiger partial charge in [-0.25, -0.2) is 24.3 Å². The number of anilines is 2. The Balaban J connectivity index is 1.27. The van der Waals surface area contributed by atoms with Crippen LogP contribution in [0.25, 0.3) is 28.0 Å². The van der Waals surface area contributed by atoms with Gasteiger partial charge in [0.25, 0.3) is 0 Å². The van der Waals surface area contributed by atoms with Gasteiger partial charge in [0, 0.05) is 48.4 Å². The minimum Gasteiger partial charge on any atom is -0.353 e. The third-order valence-electron chi connectivity index (χ3n) is 7.50. The van der Waals surface area contributed by atoms with E-state index in [1.165, 1.54) is 23.5 Å². The standard InChI is InChI=1S/C31H30FN9OS/c1-3-24-30(40(2)31-39-29(25(15-33)43-31)19-4-7-22(32)8-5-19)41-18-20(6-9-27(41)38-24)21-16-35-26(36-17-21)14-28(42)37-23-10-12-34-13-11-23/h4-9,16-18,23,34H,3,10-14H2,1-2H3,(H,37,42). The summed E-state index contributed by atoms with van der Waals surface area (Å²) in [6, 6.07) is 12.3. The maximum Gasteiger partial charge on any atom is 0.227 e. The molecule has 12 heteroatoms. The summed E-state index contributed by atoms with van der Waals surface area (Å²) < 4.78 is 15.5. The first-order chi connectivity index (χ1) is 20.9. The van der Waals surface area contributed by atoms with E-state index in [4.69, 9.17) is 9.97 Å². The molecule has 1 aromatic carbocycles. The first-order valence-corrected chi connectivity index (χ1v) is 15.0. The molecule has 2 N–H and O–H groups in total. The van der Waals surface area contributed by atoms with E-state index < -0.39 is 0 Å². The lowest BCUT2D eigenvalue weighted by Gasteiger charge is -2.23. The quantitative estimate of drug-likeness (QED) is 0.265. The zero-order valence-corrected chi connectivity index (χ0v) is 24.7. The normalized spacial score (nSPS) is 13.6. The third kappa shape index (κ3) is 5.95. The van der Waals surface area contributed by atoms with E-state index in [0.29, 0.717) is 33.5 Å². The Kier molecular flexibility index (Phi) is 8.09. The smallest absolute Gasteiger partial charge is 0.227 e. The Morgan fingerprint density at radius 3 is 2.53 bits per heavy atom. The number of fused-ring (bicyclic) bond motifs is 1. The second kappa shape index (κ2) is 12.2. The van der Waals surface area contributed by atoms with Gasteiger partial charge in [-0.05, 0) is 68.8 Å². The number of piperidine rings is 1. The van der Waals surface area contributed by atoms with Crippen molar-refractivity contribution in [3.05, 3.63) is 77.2 Å². The first kappa shape index (κ1) is 28.4. The average molecular weight is 596 g/mol. The van der Waals surface area contributed by atoms with Gasteiger partial charge in [0.2, 0.25) is 5.91 Å². The molecular weight excluding hydrogens is 565 g/mol. The van der Waals surface area contributed by atoms with Crippen molar-refractivity contribution in [1.29, 1.82) is 5.26 Å². The Morgan fingerprint density at radius 2 is 1.84 bits per heavy atom. The largest absolute Gasteiger partial charge is 0.353 e. The maximum absolute atomic E-state index is 13.5. The van der Waals surface area contributed by atoms with Gasteiger partial charge in [0.05, 0.1) is 12.1 Å². The number of carbonyl (C=O) groups is 1. The van der Waals surface area contributed by atoms with E-state index in [-0.39, 0.29) is 24.2 Å². The molecule has 0 atom stereocenters. The molecule has 4 aromatic heterocycles. The topological polar surface area (TPSA) is 124 Å². The molecule has 1 saturated heterocycles. The monoisotopic (exact) mass is 595 g/mol. The van der Waals surface area contributed by atoms with E-state index in [9.17, 15) is 14.4 Å². The van der Waals surface area contributed by atoms with E-state index >= 15 is 0 Å². The predicted molar refractivity (Wildman–Crippen MR) is 164 cm³/mol. The number of imidazole rings is 1. The van der Waals surface area contributed by atoms with Crippen molar-refractivity contribution in [2.45, 2.75) is 38.6 Å². The van der Waals surface area contributed by atoms with Crippen LogP contribution in [0.4, 0.5) is 15.3 Å². The van der Waals surface area contributed by atoms with Gasteiger partial charge < -0.3 is 15.5 Å². The number of rotatable bonds is 8. The summed E-state index contributed by atoms with van der Waals surface area (Å²) in [5, 5.41) is 16.8. The number of benzene rings is 1. The number of nitriles is 1. The van der Waals surface area contributed by atoms with Crippen LogP contribution < -0.4 is 15.5 Å². The zero-order chi connectivity index (χ0) is 29.9. The molecule has 0 radical (unpaired) electrons. The molecule has 0 bridgehead atoms. The van der Waals surface area contributed by atoms with Crippen molar-refractivity contribution in [3.63, 3.8) is 0 Å². The Bertz CT molecular complexity index is 1800. The highest BCUT2D eigenvalue weighted by Crippen LogP contribution is 2.37. The van der Waals surface area contributed by atoms with Gasteiger partial charge in [-0.1, -0.05) is 18.3 Å². The molecule has 5 heterocycles. The molecule has 1 aliphatic heterocycles. The van der Waals surface area contributed by atoms with E-state index in [1.54, 1.807) is 24.5 Å².